The van der Waals surface area contributed by atoms with Gasteiger partial charge in [-0.25, -0.2) is 4.79 Å². The molecule has 0 aliphatic carbocycles. The van der Waals surface area contributed by atoms with Crippen molar-refractivity contribution >= 4 is 23.3 Å². The van der Waals surface area contributed by atoms with Gasteiger partial charge in [0.05, 0.1) is 19.8 Å². The van der Waals surface area contributed by atoms with Crippen LogP contribution in [0.5, 0.6) is 11.5 Å². The lowest BCUT2D eigenvalue weighted by molar-refractivity contribution is 0.0696. The largest absolute Gasteiger partial charge is 0.493 e. The van der Waals surface area contributed by atoms with Gasteiger partial charge in [-0.3, -0.25) is 0 Å². The second kappa shape index (κ2) is 7.24. The minimum absolute atomic E-state index is 0.269. The van der Waals surface area contributed by atoms with Gasteiger partial charge in [0.25, 0.3) is 0 Å². The molecule has 0 amide bonds. The summed E-state index contributed by atoms with van der Waals surface area (Å²) in [5.41, 5.74) is 2.50. The van der Waals surface area contributed by atoms with E-state index in [2.05, 4.69) is 5.32 Å². The fraction of sp³-hybridized carbons (Fsp3) is 0.235. The third kappa shape index (κ3) is 3.68. The van der Waals surface area contributed by atoms with Crippen molar-refractivity contribution in [2.24, 2.45) is 0 Å². The number of hydrogen-bond acceptors (Lipinski definition) is 4. The summed E-state index contributed by atoms with van der Waals surface area (Å²) >= 11 is 6.10. The summed E-state index contributed by atoms with van der Waals surface area (Å²) in [7, 11) is 3.11. The summed E-state index contributed by atoms with van der Waals surface area (Å²) in [5.74, 6) is 0.192. The minimum Gasteiger partial charge on any atom is -0.493 e. The van der Waals surface area contributed by atoms with Crippen molar-refractivity contribution in [1.29, 1.82) is 0 Å². The van der Waals surface area contributed by atoms with Gasteiger partial charge in [-0.15, -0.1) is 0 Å². The van der Waals surface area contributed by atoms with E-state index < -0.39 is 5.97 Å². The van der Waals surface area contributed by atoms with Gasteiger partial charge in [0.1, 0.15) is 0 Å². The number of ether oxygens (including phenoxy) is 2. The number of rotatable bonds is 6. The van der Waals surface area contributed by atoms with Crippen molar-refractivity contribution in [2.45, 2.75) is 13.5 Å². The topological polar surface area (TPSA) is 67.8 Å². The predicted octanol–water partition coefficient (Wildman–Crippen LogP) is 3.98. The first kappa shape index (κ1) is 17.0. The van der Waals surface area contributed by atoms with Crippen molar-refractivity contribution in [2.75, 3.05) is 19.5 Å². The van der Waals surface area contributed by atoms with Gasteiger partial charge in [-0.2, -0.15) is 0 Å². The molecule has 5 nitrogen and oxygen atoms in total. The third-order valence-electron chi connectivity index (χ3n) is 3.55. The average Bonchev–Trinajstić information content (AvgIpc) is 2.52. The Kier molecular flexibility index (Phi) is 5.34. The fourth-order valence-electron chi connectivity index (χ4n) is 2.39. The summed E-state index contributed by atoms with van der Waals surface area (Å²) in [6.07, 6.45) is 0. The van der Waals surface area contributed by atoms with Crippen LogP contribution in [0.3, 0.4) is 0 Å². The Bertz CT molecular complexity index is 731. The Balaban J connectivity index is 2.30. The Morgan fingerprint density at radius 2 is 2.00 bits per heavy atom. The Morgan fingerprint density at radius 3 is 2.61 bits per heavy atom. The van der Waals surface area contributed by atoms with E-state index in [1.54, 1.807) is 45.4 Å². The number of methoxy groups -OCH3 is 2. The van der Waals surface area contributed by atoms with Crippen LogP contribution in [0, 0.1) is 6.92 Å². The van der Waals surface area contributed by atoms with E-state index in [-0.39, 0.29) is 5.56 Å². The molecule has 2 rings (SSSR count). The van der Waals surface area contributed by atoms with Crippen molar-refractivity contribution < 1.29 is 19.4 Å². The monoisotopic (exact) mass is 335 g/mol. The number of nitrogens with one attached hydrogen (secondary N) is 1. The van der Waals surface area contributed by atoms with Gasteiger partial charge in [0.2, 0.25) is 0 Å². The minimum atomic E-state index is -0.951. The molecule has 0 aliphatic rings. The Hall–Kier alpha value is -2.40. The molecule has 0 bridgehead atoms. The first-order valence-electron chi connectivity index (χ1n) is 6.95. The summed E-state index contributed by atoms with van der Waals surface area (Å²) in [6, 6.07) is 8.57. The molecule has 0 aliphatic heterocycles. The zero-order chi connectivity index (χ0) is 17.0. The molecular weight excluding hydrogens is 318 g/mol. The standard InChI is InChI=1S/C17H18ClNO4/c1-10-13(17(20)21)5-4-6-14(10)19-9-11-7-12(18)8-15(22-2)16(11)23-3/h4-8,19H,9H2,1-3H3,(H,20,21). The average molecular weight is 336 g/mol. The van der Waals surface area contributed by atoms with E-state index in [0.717, 1.165) is 11.3 Å². The molecule has 0 atom stereocenters. The molecule has 0 heterocycles. The zero-order valence-corrected chi connectivity index (χ0v) is 13.9. The van der Waals surface area contributed by atoms with Crippen LogP contribution in [-0.2, 0) is 6.54 Å². The number of hydrogen-bond donors (Lipinski definition) is 2. The summed E-state index contributed by atoms with van der Waals surface area (Å²) in [4.78, 5) is 11.2. The number of anilines is 1. The molecule has 0 saturated carbocycles. The molecule has 0 saturated heterocycles. The maximum atomic E-state index is 11.2. The summed E-state index contributed by atoms with van der Waals surface area (Å²) < 4.78 is 10.7. The van der Waals surface area contributed by atoms with E-state index in [1.165, 1.54) is 0 Å². The van der Waals surface area contributed by atoms with Crippen LogP contribution in [0.25, 0.3) is 0 Å². The van der Waals surface area contributed by atoms with E-state index in [1.807, 2.05) is 6.07 Å². The van der Waals surface area contributed by atoms with Gasteiger partial charge in [0.15, 0.2) is 11.5 Å². The predicted molar refractivity (Wildman–Crippen MR) is 90.0 cm³/mol. The van der Waals surface area contributed by atoms with Gasteiger partial charge in [-0.05, 0) is 30.7 Å². The van der Waals surface area contributed by atoms with E-state index in [9.17, 15) is 9.90 Å². The van der Waals surface area contributed by atoms with Crippen molar-refractivity contribution in [3.63, 3.8) is 0 Å². The van der Waals surface area contributed by atoms with Gasteiger partial charge >= 0.3 is 5.97 Å². The van der Waals surface area contributed by atoms with E-state index in [0.29, 0.717) is 28.6 Å². The highest BCUT2D eigenvalue weighted by Crippen LogP contribution is 2.35. The lowest BCUT2D eigenvalue weighted by Gasteiger charge is -2.16. The zero-order valence-electron chi connectivity index (χ0n) is 13.1. The van der Waals surface area contributed by atoms with Crippen molar-refractivity contribution in [3.8, 4) is 11.5 Å². The highest BCUT2D eigenvalue weighted by Gasteiger charge is 2.14. The first-order valence-corrected chi connectivity index (χ1v) is 7.33. The van der Waals surface area contributed by atoms with Gasteiger partial charge < -0.3 is 19.9 Å². The smallest absolute Gasteiger partial charge is 0.336 e. The molecular formula is C17H18ClNO4. The van der Waals surface area contributed by atoms with Gasteiger partial charge in [0, 0.05) is 28.9 Å². The van der Waals surface area contributed by atoms with E-state index >= 15 is 0 Å². The van der Waals surface area contributed by atoms with Crippen LogP contribution in [0.4, 0.5) is 5.69 Å². The highest BCUT2D eigenvalue weighted by atomic mass is 35.5. The summed E-state index contributed by atoms with van der Waals surface area (Å²) in [5, 5.41) is 12.9. The number of carboxylic acid groups (broad SMARTS) is 1. The second-order valence-electron chi connectivity index (χ2n) is 4.94. The molecule has 122 valence electrons. The molecule has 0 unspecified atom stereocenters. The van der Waals surface area contributed by atoms with Crippen LogP contribution in [-0.4, -0.2) is 25.3 Å². The lowest BCUT2D eigenvalue weighted by Crippen LogP contribution is -2.07. The maximum Gasteiger partial charge on any atom is 0.336 e. The van der Waals surface area contributed by atoms with Crippen molar-refractivity contribution in [3.05, 3.63) is 52.0 Å². The number of carbonyl (C=O) groups is 1. The second-order valence-corrected chi connectivity index (χ2v) is 5.37. The van der Waals surface area contributed by atoms with Crippen LogP contribution in [0.1, 0.15) is 21.5 Å². The van der Waals surface area contributed by atoms with Crippen LogP contribution in [0.2, 0.25) is 5.02 Å². The Labute approximate surface area is 139 Å². The number of benzene rings is 2. The Morgan fingerprint density at radius 1 is 1.26 bits per heavy atom. The van der Waals surface area contributed by atoms with Gasteiger partial charge in [-0.1, -0.05) is 17.7 Å². The highest BCUT2D eigenvalue weighted by molar-refractivity contribution is 6.30. The molecule has 0 radical (unpaired) electrons. The molecule has 2 aromatic rings. The lowest BCUT2D eigenvalue weighted by atomic mass is 10.1. The molecule has 6 heteroatoms. The SMILES string of the molecule is COc1cc(Cl)cc(CNc2cccc(C(=O)O)c2C)c1OC. The molecule has 0 fully saturated rings. The molecule has 23 heavy (non-hydrogen) atoms. The van der Waals surface area contributed by atoms with Crippen LogP contribution in [0.15, 0.2) is 30.3 Å². The van der Waals surface area contributed by atoms with Crippen molar-refractivity contribution in [1.82, 2.24) is 0 Å². The number of halogens is 1. The molecule has 2 aromatic carbocycles. The number of aromatic carboxylic acids is 1. The van der Waals surface area contributed by atoms with Crippen LogP contribution >= 0.6 is 11.6 Å². The fourth-order valence-corrected chi connectivity index (χ4v) is 2.62. The number of carboxylic acids is 1. The summed E-state index contributed by atoms with van der Waals surface area (Å²) in [6.45, 7) is 2.19. The normalized spacial score (nSPS) is 10.3. The molecule has 0 aromatic heterocycles. The van der Waals surface area contributed by atoms with Crippen LogP contribution < -0.4 is 14.8 Å². The maximum absolute atomic E-state index is 11.2. The van der Waals surface area contributed by atoms with E-state index in [4.69, 9.17) is 21.1 Å². The molecule has 0 spiro atoms. The molecule has 2 N–H and O–H groups in total. The quantitative estimate of drug-likeness (QED) is 0.835. The first-order chi connectivity index (χ1) is 11.0. The third-order valence-corrected chi connectivity index (χ3v) is 3.77.